The minimum atomic E-state index is -0.390. The van der Waals surface area contributed by atoms with Gasteiger partial charge in [-0.05, 0) is 24.3 Å². The molecular weight excluding hydrogens is 289 g/mol. The Morgan fingerprint density at radius 2 is 1.95 bits per heavy atom. The third-order valence-electron chi connectivity index (χ3n) is 2.75. The van der Waals surface area contributed by atoms with Crippen LogP contribution in [0.4, 0.5) is 4.39 Å². The first kappa shape index (κ1) is 14.9. The summed E-state index contributed by atoms with van der Waals surface area (Å²) in [4.78, 5) is 0. The van der Waals surface area contributed by atoms with Gasteiger partial charge >= 0.3 is 0 Å². The van der Waals surface area contributed by atoms with Gasteiger partial charge in [0.25, 0.3) is 0 Å². The Morgan fingerprint density at radius 1 is 1.14 bits per heavy atom. The van der Waals surface area contributed by atoms with Gasteiger partial charge in [-0.3, -0.25) is 0 Å². The first-order valence-electron chi connectivity index (χ1n) is 6.20. The van der Waals surface area contributed by atoms with Crippen LogP contribution in [0.1, 0.15) is 16.7 Å². The van der Waals surface area contributed by atoms with Crippen molar-refractivity contribution in [2.45, 2.75) is 6.61 Å². The van der Waals surface area contributed by atoms with E-state index in [9.17, 15) is 4.39 Å². The number of hydrogen-bond acceptors (Lipinski definition) is 2. The fraction of sp³-hybridized carbons (Fsp3) is 0.118. The van der Waals surface area contributed by atoms with Crippen molar-refractivity contribution in [3.63, 3.8) is 0 Å². The predicted molar refractivity (Wildman–Crippen MR) is 79.5 cm³/mol. The van der Waals surface area contributed by atoms with E-state index < -0.39 is 5.82 Å². The van der Waals surface area contributed by atoms with Crippen LogP contribution < -0.4 is 4.74 Å². The Hall–Kier alpha value is -2.49. The average molecular weight is 300 g/mol. The molecule has 2 nitrogen and oxygen atoms in total. The van der Waals surface area contributed by atoms with E-state index in [0.29, 0.717) is 16.9 Å². The van der Waals surface area contributed by atoms with Crippen LogP contribution in [0.5, 0.6) is 5.75 Å². The Bertz CT molecular complexity index is 740. The maximum Gasteiger partial charge on any atom is 0.135 e. The van der Waals surface area contributed by atoms with E-state index in [4.69, 9.17) is 21.6 Å². The van der Waals surface area contributed by atoms with Gasteiger partial charge in [-0.1, -0.05) is 30.0 Å². The Morgan fingerprint density at radius 3 is 2.71 bits per heavy atom. The molecule has 0 amide bonds. The van der Waals surface area contributed by atoms with E-state index in [1.165, 1.54) is 18.2 Å². The maximum atomic E-state index is 13.3. The fourth-order valence-electron chi connectivity index (χ4n) is 1.77. The molecule has 0 aliphatic rings. The molecule has 2 aromatic rings. The molecule has 0 unspecified atom stereocenters. The average Bonchev–Trinajstić information content (AvgIpc) is 2.52. The van der Waals surface area contributed by atoms with Gasteiger partial charge in [0, 0.05) is 5.56 Å². The van der Waals surface area contributed by atoms with Crippen LogP contribution in [-0.4, -0.2) is 5.88 Å². The van der Waals surface area contributed by atoms with Crippen molar-refractivity contribution >= 4 is 11.6 Å². The summed E-state index contributed by atoms with van der Waals surface area (Å²) >= 11 is 5.51. The smallest absolute Gasteiger partial charge is 0.135 e. The summed E-state index contributed by atoms with van der Waals surface area (Å²) < 4.78 is 18.9. The molecule has 0 heterocycles. The second-order valence-corrected chi connectivity index (χ2v) is 4.40. The second-order valence-electron chi connectivity index (χ2n) is 4.13. The predicted octanol–water partition coefficient (Wildman–Crippen LogP) is 3.87. The minimum Gasteiger partial charge on any atom is -0.488 e. The normalized spacial score (nSPS) is 9.38. The zero-order valence-electron chi connectivity index (χ0n) is 11.1. The fourth-order valence-corrected chi connectivity index (χ4v) is 1.83. The zero-order chi connectivity index (χ0) is 15.1. The molecule has 0 bridgehead atoms. The van der Waals surface area contributed by atoms with Crippen molar-refractivity contribution < 1.29 is 9.13 Å². The van der Waals surface area contributed by atoms with E-state index >= 15 is 0 Å². The zero-order valence-corrected chi connectivity index (χ0v) is 11.8. The van der Waals surface area contributed by atoms with Crippen LogP contribution in [0.25, 0.3) is 0 Å². The van der Waals surface area contributed by atoms with Crippen LogP contribution in [-0.2, 0) is 6.61 Å². The van der Waals surface area contributed by atoms with Crippen LogP contribution in [0.15, 0.2) is 42.5 Å². The molecule has 0 radical (unpaired) electrons. The van der Waals surface area contributed by atoms with Crippen molar-refractivity contribution in [3.8, 4) is 23.7 Å². The Labute approximate surface area is 127 Å². The van der Waals surface area contributed by atoms with E-state index in [-0.39, 0.29) is 12.5 Å². The number of rotatable bonds is 3. The third kappa shape index (κ3) is 3.99. The van der Waals surface area contributed by atoms with Crippen LogP contribution in [0.3, 0.4) is 0 Å². The summed E-state index contributed by atoms with van der Waals surface area (Å²) in [7, 11) is 0. The largest absolute Gasteiger partial charge is 0.488 e. The molecule has 0 N–H and O–H groups in total. The topological polar surface area (TPSA) is 33.0 Å². The van der Waals surface area contributed by atoms with Gasteiger partial charge in [0.05, 0.1) is 23.1 Å². The lowest BCUT2D eigenvalue weighted by molar-refractivity contribution is 0.304. The molecule has 0 aliphatic heterocycles. The molecule has 0 atom stereocenters. The highest BCUT2D eigenvalue weighted by Crippen LogP contribution is 2.21. The van der Waals surface area contributed by atoms with Gasteiger partial charge in [0.2, 0.25) is 0 Å². The summed E-state index contributed by atoms with van der Waals surface area (Å²) in [5.74, 6) is 5.66. The monoisotopic (exact) mass is 299 g/mol. The van der Waals surface area contributed by atoms with Gasteiger partial charge in [0.15, 0.2) is 0 Å². The van der Waals surface area contributed by atoms with Crippen LogP contribution in [0, 0.1) is 29.0 Å². The second kappa shape index (κ2) is 7.33. The van der Waals surface area contributed by atoms with Crippen molar-refractivity contribution in [1.82, 2.24) is 0 Å². The first-order chi connectivity index (χ1) is 10.2. The lowest BCUT2D eigenvalue weighted by Crippen LogP contribution is -2.00. The Balaban J connectivity index is 2.22. The summed E-state index contributed by atoms with van der Waals surface area (Å²) in [5.41, 5.74) is 1.75. The number of nitriles is 1. The highest BCUT2D eigenvalue weighted by Gasteiger charge is 2.06. The highest BCUT2D eigenvalue weighted by molar-refractivity contribution is 6.19. The van der Waals surface area contributed by atoms with Crippen molar-refractivity contribution in [3.05, 3.63) is 65.0 Å². The van der Waals surface area contributed by atoms with Gasteiger partial charge in [0.1, 0.15) is 18.2 Å². The van der Waals surface area contributed by atoms with E-state index in [1.54, 1.807) is 12.1 Å². The lowest BCUT2D eigenvalue weighted by atomic mass is 10.1. The number of ether oxygens (including phenoxy) is 1. The molecule has 0 saturated carbocycles. The number of nitrogens with zero attached hydrogens (tertiary/aromatic N) is 1. The molecule has 0 spiro atoms. The van der Waals surface area contributed by atoms with Gasteiger partial charge in [-0.15, -0.1) is 11.6 Å². The molecule has 2 aromatic carbocycles. The molecule has 21 heavy (non-hydrogen) atoms. The molecule has 0 fully saturated rings. The molecule has 0 saturated heterocycles. The molecule has 2 rings (SSSR count). The first-order valence-corrected chi connectivity index (χ1v) is 6.73. The van der Waals surface area contributed by atoms with Gasteiger partial charge in [-0.25, -0.2) is 4.39 Å². The SMILES string of the molecule is N#Cc1ccccc1COc1ccc(F)cc1C#CCCl. The number of halogens is 2. The van der Waals surface area contributed by atoms with Gasteiger partial charge in [-0.2, -0.15) is 5.26 Å². The Kier molecular flexibility index (Phi) is 5.21. The molecule has 0 aromatic heterocycles. The van der Waals surface area contributed by atoms with Gasteiger partial charge < -0.3 is 4.74 Å². The lowest BCUT2D eigenvalue weighted by Gasteiger charge is -2.09. The van der Waals surface area contributed by atoms with Crippen molar-refractivity contribution in [2.24, 2.45) is 0 Å². The summed E-state index contributed by atoms with van der Waals surface area (Å²) in [6.45, 7) is 0.213. The third-order valence-corrected chi connectivity index (χ3v) is 2.89. The standard InChI is InChI=1S/C17H11ClFNO/c18-9-3-6-13-10-16(19)7-8-17(13)21-12-15-5-2-1-4-14(15)11-20/h1-2,4-5,7-8,10H,9,12H2. The maximum absolute atomic E-state index is 13.3. The molecule has 4 heteroatoms. The van der Waals surface area contributed by atoms with E-state index in [0.717, 1.165) is 5.56 Å². The summed E-state index contributed by atoms with van der Waals surface area (Å²) in [5, 5.41) is 9.03. The van der Waals surface area contributed by atoms with Crippen LogP contribution in [0.2, 0.25) is 0 Å². The van der Waals surface area contributed by atoms with Crippen LogP contribution >= 0.6 is 11.6 Å². The molecule has 104 valence electrons. The summed E-state index contributed by atoms with van der Waals surface area (Å²) in [6, 6.07) is 13.4. The number of benzene rings is 2. The van der Waals surface area contributed by atoms with E-state index in [2.05, 4.69) is 17.9 Å². The minimum absolute atomic E-state index is 0.160. The van der Waals surface area contributed by atoms with E-state index in [1.807, 2.05) is 12.1 Å². The van der Waals surface area contributed by atoms with Crippen molar-refractivity contribution in [1.29, 1.82) is 5.26 Å². The number of hydrogen-bond donors (Lipinski definition) is 0. The number of alkyl halides is 1. The summed E-state index contributed by atoms with van der Waals surface area (Å²) in [6.07, 6.45) is 0. The van der Waals surface area contributed by atoms with Crippen molar-refractivity contribution in [2.75, 3.05) is 5.88 Å². The highest BCUT2D eigenvalue weighted by atomic mass is 35.5. The molecular formula is C17H11ClFNO. The quantitative estimate of drug-likeness (QED) is 0.637. The molecule has 0 aliphatic carbocycles.